The summed E-state index contributed by atoms with van der Waals surface area (Å²) in [5.74, 6) is 1.51. The molecule has 0 spiro atoms. The van der Waals surface area contributed by atoms with Crippen molar-refractivity contribution < 1.29 is 4.79 Å². The zero-order chi connectivity index (χ0) is 13.1. The lowest BCUT2D eigenvalue weighted by Crippen LogP contribution is -2.52. The monoisotopic (exact) mass is 270 g/mol. The van der Waals surface area contributed by atoms with Gasteiger partial charge in [0.25, 0.3) is 0 Å². The Kier molecular flexibility index (Phi) is 4.59. The van der Waals surface area contributed by atoms with Crippen molar-refractivity contribution in [2.24, 2.45) is 5.41 Å². The SMILES string of the molecule is CCC1(C(=O)NCC2(C)CCCS2)CCCNC1. The molecule has 2 fully saturated rings. The molecule has 0 aromatic rings. The Balaban J connectivity index is 1.89. The summed E-state index contributed by atoms with van der Waals surface area (Å²) in [7, 11) is 0. The Hall–Kier alpha value is -0.220. The van der Waals surface area contributed by atoms with E-state index in [1.54, 1.807) is 0 Å². The molecule has 2 saturated heterocycles. The lowest BCUT2D eigenvalue weighted by atomic mass is 9.77. The highest BCUT2D eigenvalue weighted by Gasteiger charge is 2.39. The molecule has 0 saturated carbocycles. The minimum atomic E-state index is -0.155. The molecule has 4 heteroatoms. The third-order valence-electron chi connectivity index (χ3n) is 4.55. The Morgan fingerprint density at radius 3 is 2.78 bits per heavy atom. The average molecular weight is 270 g/mol. The highest BCUT2D eigenvalue weighted by molar-refractivity contribution is 8.00. The van der Waals surface area contributed by atoms with E-state index in [0.717, 1.165) is 38.9 Å². The maximum absolute atomic E-state index is 12.5. The quantitative estimate of drug-likeness (QED) is 0.822. The first-order valence-electron chi connectivity index (χ1n) is 7.23. The van der Waals surface area contributed by atoms with E-state index in [4.69, 9.17) is 0 Å². The molecule has 2 atom stereocenters. The summed E-state index contributed by atoms with van der Waals surface area (Å²) >= 11 is 2.01. The van der Waals surface area contributed by atoms with Gasteiger partial charge in [-0.15, -0.1) is 0 Å². The van der Waals surface area contributed by atoms with Crippen molar-refractivity contribution in [3.63, 3.8) is 0 Å². The Morgan fingerprint density at radius 1 is 1.39 bits per heavy atom. The summed E-state index contributed by atoms with van der Waals surface area (Å²) in [6.45, 7) is 7.15. The van der Waals surface area contributed by atoms with Gasteiger partial charge in [-0.05, 0) is 51.3 Å². The normalized spacial score (nSPS) is 36.6. The first kappa shape index (κ1) is 14.2. The van der Waals surface area contributed by atoms with Gasteiger partial charge in [-0.3, -0.25) is 4.79 Å². The highest BCUT2D eigenvalue weighted by Crippen LogP contribution is 2.37. The van der Waals surface area contributed by atoms with Crippen LogP contribution in [-0.2, 0) is 4.79 Å². The van der Waals surface area contributed by atoms with Gasteiger partial charge in [0, 0.05) is 17.8 Å². The lowest BCUT2D eigenvalue weighted by Gasteiger charge is -2.36. The van der Waals surface area contributed by atoms with E-state index >= 15 is 0 Å². The first-order chi connectivity index (χ1) is 8.60. The van der Waals surface area contributed by atoms with Gasteiger partial charge in [-0.1, -0.05) is 6.92 Å². The molecule has 2 aliphatic rings. The number of nitrogens with one attached hydrogen (secondary N) is 2. The van der Waals surface area contributed by atoms with E-state index in [1.165, 1.54) is 18.6 Å². The number of piperidine rings is 1. The van der Waals surface area contributed by atoms with Gasteiger partial charge in [0.15, 0.2) is 0 Å². The van der Waals surface area contributed by atoms with Gasteiger partial charge in [-0.25, -0.2) is 0 Å². The van der Waals surface area contributed by atoms with Crippen molar-refractivity contribution in [3.05, 3.63) is 0 Å². The summed E-state index contributed by atoms with van der Waals surface area (Å²) in [5, 5.41) is 6.61. The summed E-state index contributed by atoms with van der Waals surface area (Å²) in [6, 6.07) is 0. The molecule has 18 heavy (non-hydrogen) atoms. The van der Waals surface area contributed by atoms with Crippen LogP contribution in [0.2, 0.25) is 0 Å². The van der Waals surface area contributed by atoms with Gasteiger partial charge >= 0.3 is 0 Å². The van der Waals surface area contributed by atoms with Crippen LogP contribution in [0.25, 0.3) is 0 Å². The number of carbonyl (C=O) groups is 1. The minimum absolute atomic E-state index is 0.155. The van der Waals surface area contributed by atoms with E-state index in [2.05, 4.69) is 24.5 Å². The highest BCUT2D eigenvalue weighted by atomic mass is 32.2. The molecule has 0 aliphatic carbocycles. The first-order valence-corrected chi connectivity index (χ1v) is 8.22. The van der Waals surface area contributed by atoms with E-state index in [1.807, 2.05) is 11.8 Å². The molecule has 2 N–H and O–H groups in total. The van der Waals surface area contributed by atoms with Crippen LogP contribution in [0.5, 0.6) is 0 Å². The molecule has 2 unspecified atom stereocenters. The molecule has 1 amide bonds. The van der Waals surface area contributed by atoms with E-state index < -0.39 is 0 Å². The molecule has 0 aromatic heterocycles. The Morgan fingerprint density at radius 2 is 2.22 bits per heavy atom. The number of thioether (sulfide) groups is 1. The van der Waals surface area contributed by atoms with Crippen molar-refractivity contribution in [2.45, 2.75) is 50.7 Å². The smallest absolute Gasteiger partial charge is 0.227 e. The lowest BCUT2D eigenvalue weighted by molar-refractivity contribution is -0.132. The third kappa shape index (κ3) is 3.02. The third-order valence-corrected chi connectivity index (χ3v) is 6.09. The Bertz CT molecular complexity index is 294. The van der Waals surface area contributed by atoms with Crippen LogP contribution in [0.1, 0.15) is 46.0 Å². The predicted molar refractivity (Wildman–Crippen MR) is 77.9 cm³/mol. The average Bonchev–Trinajstić information content (AvgIpc) is 2.84. The maximum atomic E-state index is 12.5. The molecule has 2 heterocycles. The number of hydrogen-bond donors (Lipinski definition) is 2. The van der Waals surface area contributed by atoms with Crippen molar-refractivity contribution in [3.8, 4) is 0 Å². The largest absolute Gasteiger partial charge is 0.354 e. The zero-order valence-electron chi connectivity index (χ0n) is 11.7. The van der Waals surface area contributed by atoms with Gasteiger partial charge in [0.2, 0.25) is 5.91 Å². The van der Waals surface area contributed by atoms with Gasteiger partial charge in [-0.2, -0.15) is 11.8 Å². The van der Waals surface area contributed by atoms with Gasteiger partial charge in [0.1, 0.15) is 0 Å². The van der Waals surface area contributed by atoms with Gasteiger partial charge in [0.05, 0.1) is 5.41 Å². The van der Waals surface area contributed by atoms with E-state index in [0.29, 0.717) is 0 Å². The predicted octanol–water partition coefficient (Wildman–Crippen LogP) is 2.17. The van der Waals surface area contributed by atoms with Crippen molar-refractivity contribution in [2.75, 3.05) is 25.4 Å². The number of rotatable bonds is 4. The van der Waals surface area contributed by atoms with Crippen molar-refractivity contribution in [1.29, 1.82) is 0 Å². The number of carbonyl (C=O) groups excluding carboxylic acids is 1. The van der Waals surface area contributed by atoms with Crippen molar-refractivity contribution in [1.82, 2.24) is 10.6 Å². The fourth-order valence-corrected chi connectivity index (χ4v) is 4.30. The second-order valence-corrected chi connectivity index (χ2v) is 7.68. The second-order valence-electron chi connectivity index (χ2n) is 6.00. The van der Waals surface area contributed by atoms with E-state index in [9.17, 15) is 4.79 Å². The minimum Gasteiger partial charge on any atom is -0.354 e. The maximum Gasteiger partial charge on any atom is 0.227 e. The molecule has 0 bridgehead atoms. The van der Waals surface area contributed by atoms with Crippen LogP contribution in [-0.4, -0.2) is 36.0 Å². The van der Waals surface area contributed by atoms with Crippen LogP contribution >= 0.6 is 11.8 Å². The molecule has 2 aliphatic heterocycles. The molecular formula is C14H26N2OS. The topological polar surface area (TPSA) is 41.1 Å². The molecule has 0 radical (unpaired) electrons. The summed E-state index contributed by atoms with van der Waals surface area (Å²) in [4.78, 5) is 12.5. The summed E-state index contributed by atoms with van der Waals surface area (Å²) in [6.07, 6.45) is 5.61. The fourth-order valence-electron chi connectivity index (χ4n) is 3.05. The van der Waals surface area contributed by atoms with Crippen LogP contribution in [0.15, 0.2) is 0 Å². The molecular weight excluding hydrogens is 244 g/mol. The summed E-state index contributed by atoms with van der Waals surface area (Å²) < 4.78 is 0.271. The molecule has 104 valence electrons. The van der Waals surface area contributed by atoms with Crippen molar-refractivity contribution >= 4 is 17.7 Å². The number of amides is 1. The van der Waals surface area contributed by atoms with Gasteiger partial charge < -0.3 is 10.6 Å². The second kappa shape index (κ2) is 5.83. The Labute approximate surface area is 115 Å². The van der Waals surface area contributed by atoms with Crippen LogP contribution < -0.4 is 10.6 Å². The molecule has 2 rings (SSSR count). The molecule has 0 aromatic carbocycles. The van der Waals surface area contributed by atoms with E-state index in [-0.39, 0.29) is 16.1 Å². The van der Waals surface area contributed by atoms with Crippen LogP contribution in [0, 0.1) is 5.41 Å². The zero-order valence-corrected chi connectivity index (χ0v) is 12.5. The number of hydrogen-bond acceptors (Lipinski definition) is 3. The van der Waals surface area contributed by atoms with Crippen LogP contribution in [0.4, 0.5) is 0 Å². The standard InChI is InChI=1S/C14H26N2OS/c1-3-14(7-4-8-15-11-14)12(17)16-10-13(2)6-5-9-18-13/h15H,3-11H2,1-2H3,(H,16,17). The summed E-state index contributed by atoms with van der Waals surface area (Å²) in [5.41, 5.74) is -0.155. The fraction of sp³-hybridized carbons (Fsp3) is 0.929. The molecule has 3 nitrogen and oxygen atoms in total. The van der Waals surface area contributed by atoms with Crippen LogP contribution in [0.3, 0.4) is 0 Å².